The van der Waals surface area contributed by atoms with Crippen LogP contribution in [0.5, 0.6) is 5.88 Å². The van der Waals surface area contributed by atoms with E-state index in [0.29, 0.717) is 0 Å². The van der Waals surface area contributed by atoms with Crippen LogP contribution in [0, 0.1) is 0 Å². The minimum absolute atomic E-state index is 0.00748. The van der Waals surface area contributed by atoms with Crippen molar-refractivity contribution in [3.8, 4) is 5.88 Å². The molecule has 2 aromatic rings. The van der Waals surface area contributed by atoms with Gasteiger partial charge in [0.15, 0.2) is 5.09 Å². The van der Waals surface area contributed by atoms with Gasteiger partial charge in [0, 0.05) is 5.75 Å². The fourth-order valence-electron chi connectivity index (χ4n) is 1.34. The molecule has 9 heteroatoms. The van der Waals surface area contributed by atoms with Crippen molar-refractivity contribution in [3.63, 3.8) is 0 Å². The highest BCUT2D eigenvalue weighted by Gasteiger charge is 2.18. The minimum atomic E-state index is -3.96. The van der Waals surface area contributed by atoms with Crippen molar-refractivity contribution in [2.24, 2.45) is 0 Å². The van der Waals surface area contributed by atoms with Crippen LogP contribution < -0.4 is 4.18 Å². The van der Waals surface area contributed by atoms with Gasteiger partial charge in [-0.3, -0.25) is 4.79 Å². The van der Waals surface area contributed by atoms with Crippen LogP contribution >= 0.6 is 11.8 Å². The Morgan fingerprint density at radius 1 is 1.33 bits per heavy atom. The monoisotopic (exact) mass is 329 g/mol. The lowest BCUT2D eigenvalue weighted by atomic mass is 10.4. The molecule has 0 aliphatic carbocycles. The first-order valence-corrected chi connectivity index (χ1v) is 8.17. The molecule has 0 aliphatic rings. The zero-order valence-corrected chi connectivity index (χ0v) is 12.3. The van der Waals surface area contributed by atoms with Crippen molar-refractivity contribution in [2.75, 3.05) is 5.75 Å². The molecular formula is C12H11NO6S2. The summed E-state index contributed by atoms with van der Waals surface area (Å²) in [4.78, 5) is 10.4. The van der Waals surface area contributed by atoms with Gasteiger partial charge in [-0.25, -0.2) is 0 Å². The van der Waals surface area contributed by atoms with Crippen molar-refractivity contribution in [1.82, 2.24) is 5.16 Å². The highest BCUT2D eigenvalue weighted by atomic mass is 32.2. The number of rotatable bonds is 7. The maximum Gasteiger partial charge on any atom is 0.340 e. The standard InChI is InChI=1S/C12H11NO6S2/c14-11(15)6-7-20-12-8-10(13-18-12)19-21(16,17)9-4-2-1-3-5-9/h1-5,8H,6-7H2,(H,14,15). The zero-order valence-electron chi connectivity index (χ0n) is 10.6. The lowest BCUT2D eigenvalue weighted by molar-refractivity contribution is -0.136. The summed E-state index contributed by atoms with van der Waals surface area (Å²) in [5.74, 6) is -0.836. The number of carboxylic acids is 1. The normalized spacial score (nSPS) is 11.2. The van der Waals surface area contributed by atoms with E-state index in [-0.39, 0.29) is 28.0 Å². The summed E-state index contributed by atoms with van der Waals surface area (Å²) in [6.45, 7) is 0. The van der Waals surface area contributed by atoms with Crippen molar-refractivity contribution in [2.45, 2.75) is 16.4 Å². The van der Waals surface area contributed by atoms with Crippen LogP contribution in [0.25, 0.3) is 0 Å². The topological polar surface area (TPSA) is 107 Å². The number of hydrogen-bond acceptors (Lipinski definition) is 7. The first-order valence-electron chi connectivity index (χ1n) is 5.78. The van der Waals surface area contributed by atoms with Crippen LogP contribution in [0.3, 0.4) is 0 Å². The van der Waals surface area contributed by atoms with Gasteiger partial charge in [-0.2, -0.15) is 8.42 Å². The minimum Gasteiger partial charge on any atom is -0.481 e. The van der Waals surface area contributed by atoms with E-state index in [0.717, 1.165) is 11.8 Å². The largest absolute Gasteiger partial charge is 0.481 e. The molecule has 0 saturated carbocycles. The summed E-state index contributed by atoms with van der Waals surface area (Å²) in [6, 6.07) is 8.94. The van der Waals surface area contributed by atoms with Crippen LogP contribution in [-0.4, -0.2) is 30.4 Å². The highest BCUT2D eigenvalue weighted by Crippen LogP contribution is 2.25. The van der Waals surface area contributed by atoms with Gasteiger partial charge >= 0.3 is 16.1 Å². The smallest absolute Gasteiger partial charge is 0.340 e. The summed E-state index contributed by atoms with van der Waals surface area (Å²) in [5.41, 5.74) is 0. The van der Waals surface area contributed by atoms with Crippen molar-refractivity contribution < 1.29 is 27.0 Å². The Labute approximate surface area is 125 Å². The van der Waals surface area contributed by atoms with Gasteiger partial charge in [-0.05, 0) is 17.3 Å². The third kappa shape index (κ3) is 4.50. The van der Waals surface area contributed by atoms with Crippen molar-refractivity contribution in [1.29, 1.82) is 0 Å². The molecule has 1 N–H and O–H groups in total. The molecule has 1 aromatic heterocycles. The van der Waals surface area contributed by atoms with E-state index >= 15 is 0 Å². The summed E-state index contributed by atoms with van der Waals surface area (Å²) < 4.78 is 33.5. The van der Waals surface area contributed by atoms with Crippen LogP contribution in [0.4, 0.5) is 0 Å². The molecule has 0 unspecified atom stereocenters. The molecule has 0 fully saturated rings. The lowest BCUT2D eigenvalue weighted by Crippen LogP contribution is -2.09. The van der Waals surface area contributed by atoms with Crippen LogP contribution in [0.2, 0.25) is 0 Å². The average Bonchev–Trinajstić information content (AvgIpc) is 2.86. The van der Waals surface area contributed by atoms with E-state index in [4.69, 9.17) is 13.8 Å². The molecule has 0 saturated heterocycles. The molecule has 1 aromatic carbocycles. The maximum atomic E-state index is 11.9. The zero-order chi connectivity index (χ0) is 15.3. The molecule has 0 radical (unpaired) electrons. The molecule has 0 atom stereocenters. The van der Waals surface area contributed by atoms with E-state index in [2.05, 4.69) is 5.16 Å². The molecule has 0 aliphatic heterocycles. The van der Waals surface area contributed by atoms with Gasteiger partial charge in [0.25, 0.3) is 5.88 Å². The Morgan fingerprint density at radius 3 is 2.71 bits per heavy atom. The number of hydrogen-bond donors (Lipinski definition) is 1. The third-order valence-corrected chi connectivity index (χ3v) is 4.38. The van der Waals surface area contributed by atoms with E-state index in [9.17, 15) is 13.2 Å². The summed E-state index contributed by atoms with van der Waals surface area (Å²) in [5, 5.41) is 12.3. The van der Waals surface area contributed by atoms with Crippen molar-refractivity contribution >= 4 is 27.8 Å². The van der Waals surface area contributed by atoms with Gasteiger partial charge in [-0.1, -0.05) is 30.0 Å². The fourth-order valence-corrected chi connectivity index (χ4v) is 2.98. The Morgan fingerprint density at radius 2 is 2.05 bits per heavy atom. The number of carboxylic acid groups (broad SMARTS) is 1. The van der Waals surface area contributed by atoms with E-state index in [1.165, 1.54) is 18.2 Å². The van der Waals surface area contributed by atoms with Gasteiger partial charge in [-0.15, -0.1) is 0 Å². The molecule has 0 bridgehead atoms. The second kappa shape index (κ2) is 6.64. The molecule has 0 spiro atoms. The Balaban J connectivity index is 2.01. The van der Waals surface area contributed by atoms with E-state index in [1.807, 2.05) is 0 Å². The lowest BCUT2D eigenvalue weighted by Gasteiger charge is -2.02. The van der Waals surface area contributed by atoms with Gasteiger partial charge < -0.3 is 13.8 Å². The Bertz CT molecular complexity index is 710. The van der Waals surface area contributed by atoms with Crippen molar-refractivity contribution in [3.05, 3.63) is 36.4 Å². The molecule has 1 heterocycles. The molecule has 7 nitrogen and oxygen atoms in total. The molecular weight excluding hydrogens is 318 g/mol. The molecule has 0 amide bonds. The number of aliphatic carboxylic acids is 1. The van der Waals surface area contributed by atoms with E-state index < -0.39 is 16.1 Å². The summed E-state index contributed by atoms with van der Waals surface area (Å²) >= 11 is 1.11. The third-order valence-electron chi connectivity index (χ3n) is 2.25. The molecule has 2 rings (SSSR count). The predicted octanol–water partition coefficient (Wildman–Crippen LogP) is 2.01. The SMILES string of the molecule is O=C(O)CCSc1cc(OS(=O)(=O)c2ccccc2)no1. The number of nitrogens with zero attached hydrogens (tertiary/aromatic N) is 1. The summed E-state index contributed by atoms with van der Waals surface area (Å²) in [7, 11) is -3.96. The second-order valence-corrected chi connectivity index (χ2v) is 6.47. The highest BCUT2D eigenvalue weighted by molar-refractivity contribution is 7.99. The average molecular weight is 329 g/mol. The maximum absolute atomic E-state index is 11.9. The first-order chi connectivity index (χ1) is 9.97. The summed E-state index contributed by atoms with van der Waals surface area (Å²) in [6.07, 6.45) is -0.0378. The fraction of sp³-hybridized carbons (Fsp3) is 0.167. The van der Waals surface area contributed by atoms with Crippen LogP contribution in [-0.2, 0) is 14.9 Å². The quantitative estimate of drug-likeness (QED) is 0.607. The van der Waals surface area contributed by atoms with E-state index in [1.54, 1.807) is 18.2 Å². The number of benzene rings is 1. The second-order valence-electron chi connectivity index (χ2n) is 3.83. The molecule has 112 valence electrons. The predicted molar refractivity (Wildman–Crippen MR) is 73.7 cm³/mol. The van der Waals surface area contributed by atoms with Crippen LogP contribution in [0.15, 0.2) is 50.9 Å². The molecule has 21 heavy (non-hydrogen) atoms. The van der Waals surface area contributed by atoms with Gasteiger partial charge in [0.05, 0.1) is 12.5 Å². The van der Waals surface area contributed by atoms with Crippen LogP contribution in [0.1, 0.15) is 6.42 Å². The Kier molecular flexibility index (Phi) is 4.86. The number of thioether (sulfide) groups is 1. The number of carbonyl (C=O) groups is 1. The Hall–Kier alpha value is -2.00. The van der Waals surface area contributed by atoms with Gasteiger partial charge in [0.2, 0.25) is 0 Å². The van der Waals surface area contributed by atoms with Gasteiger partial charge in [0.1, 0.15) is 4.90 Å². The first kappa shape index (κ1) is 15.4. The number of aromatic nitrogens is 1.